The van der Waals surface area contributed by atoms with E-state index in [9.17, 15) is 0 Å². The van der Waals surface area contributed by atoms with Crippen LogP contribution in [0.3, 0.4) is 0 Å². The van der Waals surface area contributed by atoms with Gasteiger partial charge in [-0.05, 0) is 56.0 Å². The molecule has 0 aromatic heterocycles. The number of amidine groups is 1. The monoisotopic (exact) mass is 261 g/mol. The molecule has 0 spiro atoms. The van der Waals surface area contributed by atoms with Gasteiger partial charge in [-0.15, -0.1) is 0 Å². The molecule has 19 heavy (non-hydrogen) atoms. The van der Waals surface area contributed by atoms with E-state index in [1.807, 2.05) is 12.1 Å². The van der Waals surface area contributed by atoms with Crippen molar-refractivity contribution in [2.75, 3.05) is 13.1 Å². The van der Waals surface area contributed by atoms with Gasteiger partial charge in [0.2, 0.25) is 0 Å². The molecule has 0 radical (unpaired) electrons. The third-order valence-corrected chi connectivity index (χ3v) is 4.02. The molecule has 0 saturated carbocycles. The molecule has 104 valence electrons. The van der Waals surface area contributed by atoms with Gasteiger partial charge in [0, 0.05) is 12.1 Å². The summed E-state index contributed by atoms with van der Waals surface area (Å²) in [6.07, 6.45) is 2.59. The lowest BCUT2D eigenvalue weighted by atomic mass is 9.98. The summed E-state index contributed by atoms with van der Waals surface area (Å²) < 4.78 is 0. The first-order valence-electron chi connectivity index (χ1n) is 6.90. The fourth-order valence-corrected chi connectivity index (χ4v) is 2.55. The highest BCUT2D eigenvalue weighted by Crippen LogP contribution is 2.20. The van der Waals surface area contributed by atoms with Crippen molar-refractivity contribution in [3.63, 3.8) is 0 Å². The number of rotatable bonds is 3. The zero-order chi connectivity index (χ0) is 13.8. The van der Waals surface area contributed by atoms with Gasteiger partial charge in [-0.1, -0.05) is 24.2 Å². The molecular formula is C15H23N3O. The number of oxime groups is 1. The van der Waals surface area contributed by atoms with Gasteiger partial charge in [-0.25, -0.2) is 0 Å². The van der Waals surface area contributed by atoms with E-state index in [-0.39, 0.29) is 5.84 Å². The van der Waals surface area contributed by atoms with E-state index in [4.69, 9.17) is 10.9 Å². The quantitative estimate of drug-likeness (QED) is 0.380. The Balaban J connectivity index is 2.05. The molecule has 1 aliphatic heterocycles. The molecule has 2 rings (SSSR count). The smallest absolute Gasteiger partial charge is 0.170 e. The van der Waals surface area contributed by atoms with Crippen molar-refractivity contribution in [2.45, 2.75) is 33.2 Å². The third kappa shape index (κ3) is 3.47. The molecule has 0 bridgehead atoms. The fourth-order valence-electron chi connectivity index (χ4n) is 2.55. The summed E-state index contributed by atoms with van der Waals surface area (Å²) in [5, 5.41) is 11.7. The molecule has 0 aliphatic carbocycles. The van der Waals surface area contributed by atoms with Gasteiger partial charge in [-0.2, -0.15) is 0 Å². The highest BCUT2D eigenvalue weighted by molar-refractivity contribution is 5.97. The van der Waals surface area contributed by atoms with Crippen LogP contribution in [-0.4, -0.2) is 29.0 Å². The normalized spacial score (nSPS) is 18.7. The Bertz CT molecular complexity index is 462. The molecule has 1 aromatic rings. The SMILES string of the molecule is Cc1cc(/C(N)=N/O)ccc1CN1CCC(C)CC1. The predicted octanol–water partition coefficient (Wildman–Crippen LogP) is 2.32. The Hall–Kier alpha value is -1.55. The fraction of sp³-hybridized carbons (Fsp3) is 0.533. The Kier molecular flexibility index (Phi) is 4.43. The molecule has 0 atom stereocenters. The standard InChI is InChI=1S/C15H23N3O/c1-11-5-7-18(8-6-11)10-14-4-3-13(9-12(14)2)15(16)17-19/h3-4,9,11,19H,5-8,10H2,1-2H3,(H2,16,17). The van der Waals surface area contributed by atoms with Gasteiger partial charge < -0.3 is 10.9 Å². The third-order valence-electron chi connectivity index (χ3n) is 4.02. The van der Waals surface area contributed by atoms with Gasteiger partial charge >= 0.3 is 0 Å². The van der Waals surface area contributed by atoms with Gasteiger partial charge in [0.1, 0.15) is 0 Å². The van der Waals surface area contributed by atoms with Crippen molar-refractivity contribution in [3.05, 3.63) is 34.9 Å². The highest BCUT2D eigenvalue weighted by Gasteiger charge is 2.16. The van der Waals surface area contributed by atoms with Crippen molar-refractivity contribution in [2.24, 2.45) is 16.8 Å². The van der Waals surface area contributed by atoms with Crippen LogP contribution in [0.4, 0.5) is 0 Å². The lowest BCUT2D eigenvalue weighted by Crippen LogP contribution is -2.32. The topological polar surface area (TPSA) is 61.9 Å². The van der Waals surface area contributed by atoms with E-state index in [0.29, 0.717) is 0 Å². The zero-order valence-corrected chi connectivity index (χ0v) is 11.8. The molecule has 1 fully saturated rings. The molecule has 4 heteroatoms. The maximum absolute atomic E-state index is 8.69. The van der Waals surface area contributed by atoms with E-state index in [1.54, 1.807) is 0 Å². The molecule has 0 amide bonds. The molecule has 3 N–H and O–H groups in total. The van der Waals surface area contributed by atoms with Crippen molar-refractivity contribution in [3.8, 4) is 0 Å². The van der Waals surface area contributed by atoms with Gasteiger partial charge in [0.05, 0.1) is 0 Å². The van der Waals surface area contributed by atoms with Gasteiger partial charge in [0.15, 0.2) is 5.84 Å². The van der Waals surface area contributed by atoms with E-state index in [2.05, 4.69) is 30.0 Å². The first-order chi connectivity index (χ1) is 9.10. The number of likely N-dealkylation sites (tertiary alicyclic amines) is 1. The van der Waals surface area contributed by atoms with E-state index >= 15 is 0 Å². The van der Waals surface area contributed by atoms with Gasteiger partial charge in [0.25, 0.3) is 0 Å². The molecular weight excluding hydrogens is 238 g/mol. The number of nitrogens with zero attached hydrogens (tertiary/aromatic N) is 2. The van der Waals surface area contributed by atoms with Crippen LogP contribution in [0.2, 0.25) is 0 Å². The highest BCUT2D eigenvalue weighted by atomic mass is 16.4. The number of hydrogen-bond acceptors (Lipinski definition) is 3. The Morgan fingerprint density at radius 3 is 2.68 bits per heavy atom. The number of hydrogen-bond donors (Lipinski definition) is 2. The summed E-state index contributed by atoms with van der Waals surface area (Å²) in [7, 11) is 0. The molecule has 1 heterocycles. The van der Waals surface area contributed by atoms with E-state index < -0.39 is 0 Å². The maximum Gasteiger partial charge on any atom is 0.170 e. The summed E-state index contributed by atoms with van der Waals surface area (Å²) in [6.45, 7) is 7.77. The summed E-state index contributed by atoms with van der Waals surface area (Å²) >= 11 is 0. The van der Waals surface area contributed by atoms with Gasteiger partial charge in [-0.3, -0.25) is 4.90 Å². The minimum absolute atomic E-state index is 0.168. The zero-order valence-electron chi connectivity index (χ0n) is 11.8. The molecule has 0 unspecified atom stereocenters. The van der Waals surface area contributed by atoms with Crippen LogP contribution < -0.4 is 5.73 Å². The molecule has 4 nitrogen and oxygen atoms in total. The minimum atomic E-state index is 0.168. The van der Waals surface area contributed by atoms with Crippen LogP contribution in [0.15, 0.2) is 23.4 Å². The van der Waals surface area contributed by atoms with Crippen molar-refractivity contribution in [1.82, 2.24) is 4.90 Å². The lowest BCUT2D eigenvalue weighted by molar-refractivity contribution is 0.185. The summed E-state index contributed by atoms with van der Waals surface area (Å²) in [5.74, 6) is 1.03. The van der Waals surface area contributed by atoms with Crippen LogP contribution >= 0.6 is 0 Å². The van der Waals surface area contributed by atoms with Crippen molar-refractivity contribution >= 4 is 5.84 Å². The van der Waals surface area contributed by atoms with E-state index in [1.165, 1.54) is 37.1 Å². The van der Waals surface area contributed by atoms with Crippen LogP contribution in [-0.2, 0) is 6.54 Å². The summed E-state index contributed by atoms with van der Waals surface area (Å²) in [4.78, 5) is 2.51. The largest absolute Gasteiger partial charge is 0.409 e. The Morgan fingerprint density at radius 2 is 2.11 bits per heavy atom. The second-order valence-corrected chi connectivity index (χ2v) is 5.59. The predicted molar refractivity (Wildman–Crippen MR) is 77.4 cm³/mol. The second kappa shape index (κ2) is 6.06. The molecule has 1 aliphatic rings. The number of piperidine rings is 1. The molecule has 1 aromatic carbocycles. The van der Waals surface area contributed by atoms with Crippen LogP contribution in [0, 0.1) is 12.8 Å². The van der Waals surface area contributed by atoms with Crippen LogP contribution in [0.5, 0.6) is 0 Å². The second-order valence-electron chi connectivity index (χ2n) is 5.59. The first-order valence-corrected chi connectivity index (χ1v) is 6.90. The minimum Gasteiger partial charge on any atom is -0.409 e. The van der Waals surface area contributed by atoms with Crippen molar-refractivity contribution in [1.29, 1.82) is 0 Å². The van der Waals surface area contributed by atoms with Crippen molar-refractivity contribution < 1.29 is 5.21 Å². The average molecular weight is 261 g/mol. The summed E-state index contributed by atoms with van der Waals surface area (Å²) in [5.41, 5.74) is 8.90. The number of benzene rings is 1. The Labute approximate surface area is 114 Å². The maximum atomic E-state index is 8.69. The molecule has 1 saturated heterocycles. The number of aryl methyl sites for hydroxylation is 1. The van der Waals surface area contributed by atoms with Crippen LogP contribution in [0.25, 0.3) is 0 Å². The van der Waals surface area contributed by atoms with E-state index in [0.717, 1.165) is 18.0 Å². The average Bonchev–Trinajstić information content (AvgIpc) is 2.42. The van der Waals surface area contributed by atoms with Crippen LogP contribution in [0.1, 0.15) is 36.5 Å². The first kappa shape index (κ1) is 13.9. The lowest BCUT2D eigenvalue weighted by Gasteiger charge is -2.30. The Morgan fingerprint density at radius 1 is 1.42 bits per heavy atom. The number of nitrogens with two attached hydrogens (primary N) is 1. The summed E-state index contributed by atoms with van der Waals surface area (Å²) in [6, 6.07) is 5.99.